The van der Waals surface area contributed by atoms with Crippen LogP contribution in [0.4, 0.5) is 0 Å². The molecule has 0 saturated carbocycles. The number of fused-ring (bicyclic) bond motifs is 1. The molecule has 0 amide bonds. The zero-order chi connectivity index (χ0) is 14.7. The molecule has 0 aromatic heterocycles. The van der Waals surface area contributed by atoms with Gasteiger partial charge in [0.2, 0.25) is 0 Å². The Hall–Kier alpha value is -1.51. The van der Waals surface area contributed by atoms with Gasteiger partial charge in [0.25, 0.3) is 0 Å². The number of hydrogen-bond donors (Lipinski definition) is 1. The lowest BCUT2D eigenvalue weighted by Gasteiger charge is -2.18. The van der Waals surface area contributed by atoms with Gasteiger partial charge in [-0.25, -0.2) is 0 Å². The molecule has 1 N–H and O–H groups in total. The fourth-order valence-electron chi connectivity index (χ4n) is 2.69. The Kier molecular flexibility index (Phi) is 4.47. The third-order valence-electron chi connectivity index (χ3n) is 3.85. The van der Waals surface area contributed by atoms with Crippen molar-refractivity contribution in [2.75, 3.05) is 13.2 Å². The molecule has 1 aliphatic rings. The standard InChI is InChI=1S/C18H20ClNO/c1-2-20-12-16-11-13(5-7-17(16)19)14-6-8-18-15(10-14)4-3-9-21-18/h5-8,10-11,20H,2-4,9,12H2,1H3. The average Bonchev–Trinajstić information content (AvgIpc) is 2.53. The summed E-state index contributed by atoms with van der Waals surface area (Å²) in [5, 5.41) is 4.15. The highest BCUT2D eigenvalue weighted by atomic mass is 35.5. The maximum atomic E-state index is 6.27. The fraction of sp³-hybridized carbons (Fsp3) is 0.333. The molecule has 0 fully saturated rings. The van der Waals surface area contributed by atoms with E-state index in [0.717, 1.165) is 48.9 Å². The normalized spacial score (nSPS) is 13.6. The molecular weight excluding hydrogens is 282 g/mol. The highest BCUT2D eigenvalue weighted by Gasteiger charge is 2.12. The maximum absolute atomic E-state index is 6.27. The number of ether oxygens (including phenoxy) is 1. The zero-order valence-corrected chi connectivity index (χ0v) is 13.0. The maximum Gasteiger partial charge on any atom is 0.122 e. The summed E-state index contributed by atoms with van der Waals surface area (Å²) in [6.07, 6.45) is 2.20. The quantitative estimate of drug-likeness (QED) is 0.901. The lowest BCUT2D eigenvalue weighted by molar-refractivity contribution is 0.288. The van der Waals surface area contributed by atoms with Crippen LogP contribution < -0.4 is 10.1 Å². The molecule has 0 atom stereocenters. The molecule has 3 rings (SSSR count). The van der Waals surface area contributed by atoms with Crippen molar-refractivity contribution in [3.8, 4) is 16.9 Å². The summed E-state index contributed by atoms with van der Waals surface area (Å²) >= 11 is 6.27. The van der Waals surface area contributed by atoms with Gasteiger partial charge in [0, 0.05) is 11.6 Å². The molecule has 0 unspecified atom stereocenters. The number of halogens is 1. The van der Waals surface area contributed by atoms with Gasteiger partial charge in [0.05, 0.1) is 6.61 Å². The minimum Gasteiger partial charge on any atom is -0.493 e. The molecule has 0 bridgehead atoms. The minimum absolute atomic E-state index is 0.803. The molecule has 0 radical (unpaired) electrons. The lowest BCUT2D eigenvalue weighted by Crippen LogP contribution is -2.12. The third-order valence-corrected chi connectivity index (χ3v) is 4.22. The van der Waals surface area contributed by atoms with Crippen LogP contribution in [0.2, 0.25) is 5.02 Å². The van der Waals surface area contributed by atoms with E-state index in [4.69, 9.17) is 16.3 Å². The number of nitrogens with one attached hydrogen (secondary N) is 1. The van der Waals surface area contributed by atoms with Crippen molar-refractivity contribution in [3.05, 3.63) is 52.5 Å². The van der Waals surface area contributed by atoms with Gasteiger partial charge in [-0.05, 0) is 65.9 Å². The second kappa shape index (κ2) is 6.50. The van der Waals surface area contributed by atoms with Gasteiger partial charge in [-0.15, -0.1) is 0 Å². The molecule has 2 nitrogen and oxygen atoms in total. The Morgan fingerprint density at radius 2 is 1.95 bits per heavy atom. The summed E-state index contributed by atoms with van der Waals surface area (Å²) in [7, 11) is 0. The molecule has 2 aromatic rings. The van der Waals surface area contributed by atoms with E-state index in [1.165, 1.54) is 16.7 Å². The minimum atomic E-state index is 0.803. The van der Waals surface area contributed by atoms with E-state index in [0.29, 0.717) is 0 Å². The van der Waals surface area contributed by atoms with Crippen molar-refractivity contribution >= 4 is 11.6 Å². The Balaban J connectivity index is 1.92. The van der Waals surface area contributed by atoms with Crippen molar-refractivity contribution in [1.82, 2.24) is 5.32 Å². The van der Waals surface area contributed by atoms with E-state index in [9.17, 15) is 0 Å². The smallest absolute Gasteiger partial charge is 0.122 e. The summed E-state index contributed by atoms with van der Waals surface area (Å²) in [6.45, 7) is 4.68. The molecule has 21 heavy (non-hydrogen) atoms. The molecule has 0 spiro atoms. The molecule has 2 aromatic carbocycles. The molecule has 1 heterocycles. The Morgan fingerprint density at radius 3 is 2.81 bits per heavy atom. The Labute approximate surface area is 131 Å². The molecular formula is C18H20ClNO. The monoisotopic (exact) mass is 301 g/mol. The number of rotatable bonds is 4. The van der Waals surface area contributed by atoms with Gasteiger partial charge in [0.1, 0.15) is 5.75 Å². The highest BCUT2D eigenvalue weighted by Crippen LogP contribution is 2.31. The van der Waals surface area contributed by atoms with Gasteiger partial charge in [-0.3, -0.25) is 0 Å². The number of hydrogen-bond acceptors (Lipinski definition) is 2. The molecule has 110 valence electrons. The first-order chi connectivity index (χ1) is 10.3. The molecule has 0 aliphatic carbocycles. The van der Waals surface area contributed by atoms with E-state index in [1.807, 2.05) is 6.07 Å². The first-order valence-corrected chi connectivity index (χ1v) is 7.91. The van der Waals surface area contributed by atoms with Crippen LogP contribution in [0, 0.1) is 0 Å². The van der Waals surface area contributed by atoms with Crippen LogP contribution in [-0.4, -0.2) is 13.2 Å². The van der Waals surface area contributed by atoms with Crippen molar-refractivity contribution in [1.29, 1.82) is 0 Å². The highest BCUT2D eigenvalue weighted by molar-refractivity contribution is 6.31. The topological polar surface area (TPSA) is 21.3 Å². The van der Waals surface area contributed by atoms with Crippen LogP contribution in [0.5, 0.6) is 5.75 Å². The third kappa shape index (κ3) is 3.22. The van der Waals surface area contributed by atoms with E-state index in [-0.39, 0.29) is 0 Å². The van der Waals surface area contributed by atoms with Crippen LogP contribution in [0.25, 0.3) is 11.1 Å². The van der Waals surface area contributed by atoms with Gasteiger partial charge < -0.3 is 10.1 Å². The predicted octanol–water partition coefficient (Wildman–Crippen LogP) is 4.44. The van der Waals surface area contributed by atoms with Crippen LogP contribution in [-0.2, 0) is 13.0 Å². The SMILES string of the molecule is CCNCc1cc(-c2ccc3c(c2)CCCO3)ccc1Cl. The first-order valence-electron chi connectivity index (χ1n) is 7.53. The van der Waals surface area contributed by atoms with Gasteiger partial charge >= 0.3 is 0 Å². The molecule has 0 saturated heterocycles. The van der Waals surface area contributed by atoms with E-state index >= 15 is 0 Å². The molecule has 1 aliphatic heterocycles. The van der Waals surface area contributed by atoms with E-state index in [2.05, 4.69) is 42.6 Å². The van der Waals surface area contributed by atoms with Crippen molar-refractivity contribution in [2.24, 2.45) is 0 Å². The summed E-state index contributed by atoms with van der Waals surface area (Å²) in [6, 6.07) is 12.7. The van der Waals surface area contributed by atoms with Crippen LogP contribution in [0.3, 0.4) is 0 Å². The number of benzene rings is 2. The Bertz CT molecular complexity index is 639. The number of aryl methyl sites for hydroxylation is 1. The summed E-state index contributed by atoms with van der Waals surface area (Å²) in [5.41, 5.74) is 4.89. The average molecular weight is 302 g/mol. The molecule has 3 heteroatoms. The zero-order valence-electron chi connectivity index (χ0n) is 12.3. The van der Waals surface area contributed by atoms with E-state index < -0.39 is 0 Å². The van der Waals surface area contributed by atoms with Gasteiger partial charge in [0.15, 0.2) is 0 Å². The Morgan fingerprint density at radius 1 is 1.14 bits per heavy atom. The largest absolute Gasteiger partial charge is 0.493 e. The summed E-state index contributed by atoms with van der Waals surface area (Å²) in [4.78, 5) is 0. The van der Waals surface area contributed by atoms with Crippen LogP contribution >= 0.6 is 11.6 Å². The van der Waals surface area contributed by atoms with Crippen molar-refractivity contribution in [3.63, 3.8) is 0 Å². The van der Waals surface area contributed by atoms with Crippen molar-refractivity contribution in [2.45, 2.75) is 26.3 Å². The second-order valence-electron chi connectivity index (χ2n) is 5.36. The van der Waals surface area contributed by atoms with Crippen LogP contribution in [0.1, 0.15) is 24.5 Å². The lowest BCUT2D eigenvalue weighted by atomic mass is 9.98. The summed E-state index contributed by atoms with van der Waals surface area (Å²) in [5.74, 6) is 1.03. The first kappa shape index (κ1) is 14.4. The van der Waals surface area contributed by atoms with Crippen LogP contribution in [0.15, 0.2) is 36.4 Å². The predicted molar refractivity (Wildman–Crippen MR) is 88.1 cm³/mol. The van der Waals surface area contributed by atoms with E-state index in [1.54, 1.807) is 0 Å². The van der Waals surface area contributed by atoms with Crippen molar-refractivity contribution < 1.29 is 4.74 Å². The second-order valence-corrected chi connectivity index (χ2v) is 5.77. The summed E-state index contributed by atoms with van der Waals surface area (Å²) < 4.78 is 5.68. The fourth-order valence-corrected chi connectivity index (χ4v) is 2.87. The van der Waals surface area contributed by atoms with Gasteiger partial charge in [-0.1, -0.05) is 30.7 Å². The van der Waals surface area contributed by atoms with Gasteiger partial charge in [-0.2, -0.15) is 0 Å².